The van der Waals surface area contributed by atoms with Gasteiger partial charge in [-0.25, -0.2) is 0 Å². The minimum Gasteiger partial charge on any atom is -0.468 e. The van der Waals surface area contributed by atoms with E-state index < -0.39 is 0 Å². The average Bonchev–Trinajstić information content (AvgIpc) is 2.99. The molecule has 0 spiro atoms. The van der Waals surface area contributed by atoms with E-state index in [2.05, 4.69) is 10.6 Å². The number of hydrogen-bond acceptors (Lipinski definition) is 4. The first kappa shape index (κ1) is 16.2. The van der Waals surface area contributed by atoms with Crippen LogP contribution in [0.25, 0.3) is 0 Å². The molecule has 2 rings (SSSR count). The lowest BCUT2D eigenvalue weighted by Gasteiger charge is -2.07. The molecule has 2 N–H and O–H groups in total. The predicted molar refractivity (Wildman–Crippen MR) is 87.9 cm³/mol. The van der Waals surface area contributed by atoms with Gasteiger partial charge in [-0.15, -0.1) is 0 Å². The second kappa shape index (κ2) is 8.29. The third-order valence-electron chi connectivity index (χ3n) is 2.80. The maximum atomic E-state index is 12.0. The summed E-state index contributed by atoms with van der Waals surface area (Å²) in [6.45, 7) is 2.01. The molecule has 2 aromatic rings. The van der Waals surface area contributed by atoms with E-state index >= 15 is 0 Å². The Morgan fingerprint density at radius 1 is 1.23 bits per heavy atom. The van der Waals surface area contributed by atoms with Crippen LogP contribution >= 0.6 is 11.8 Å². The van der Waals surface area contributed by atoms with Crippen molar-refractivity contribution in [1.82, 2.24) is 5.32 Å². The van der Waals surface area contributed by atoms with E-state index in [0.717, 1.165) is 17.3 Å². The van der Waals surface area contributed by atoms with Crippen LogP contribution in [0.15, 0.2) is 47.1 Å². The fourth-order valence-corrected chi connectivity index (χ4v) is 2.60. The third-order valence-corrected chi connectivity index (χ3v) is 3.78. The predicted octanol–water partition coefficient (Wildman–Crippen LogP) is 2.90. The van der Waals surface area contributed by atoms with Gasteiger partial charge >= 0.3 is 0 Å². The number of hydrogen-bond donors (Lipinski definition) is 2. The quantitative estimate of drug-likeness (QED) is 0.770. The summed E-state index contributed by atoms with van der Waals surface area (Å²) >= 11 is 1.69. The van der Waals surface area contributed by atoms with Crippen molar-refractivity contribution in [1.29, 1.82) is 0 Å². The van der Waals surface area contributed by atoms with Gasteiger partial charge in [0, 0.05) is 30.5 Å². The lowest BCUT2D eigenvalue weighted by Crippen LogP contribution is -2.25. The highest BCUT2D eigenvalue weighted by atomic mass is 32.2. The first-order valence-electron chi connectivity index (χ1n) is 6.91. The summed E-state index contributed by atoms with van der Waals surface area (Å²) in [6, 6.07) is 10.7. The summed E-state index contributed by atoms with van der Waals surface area (Å²) < 4.78 is 5.23. The summed E-state index contributed by atoms with van der Waals surface area (Å²) in [7, 11) is 0. The van der Waals surface area contributed by atoms with Gasteiger partial charge in [0.1, 0.15) is 5.76 Å². The molecule has 0 aliphatic rings. The van der Waals surface area contributed by atoms with Crippen molar-refractivity contribution in [2.24, 2.45) is 0 Å². The fraction of sp³-hybridized carbons (Fsp3) is 0.250. The van der Waals surface area contributed by atoms with Crippen LogP contribution in [-0.4, -0.2) is 24.1 Å². The molecule has 0 atom stereocenters. The van der Waals surface area contributed by atoms with Crippen LogP contribution in [0.3, 0.4) is 0 Å². The van der Waals surface area contributed by atoms with E-state index in [1.165, 1.54) is 6.92 Å². The van der Waals surface area contributed by atoms with Crippen molar-refractivity contribution in [2.75, 3.05) is 17.6 Å². The van der Waals surface area contributed by atoms with Gasteiger partial charge in [0.15, 0.2) is 0 Å². The molecule has 5 nitrogen and oxygen atoms in total. The lowest BCUT2D eigenvalue weighted by atomic mass is 10.2. The molecule has 0 radical (unpaired) electrons. The topological polar surface area (TPSA) is 71.3 Å². The normalized spacial score (nSPS) is 10.2. The zero-order valence-corrected chi connectivity index (χ0v) is 13.1. The van der Waals surface area contributed by atoms with Crippen molar-refractivity contribution < 1.29 is 14.0 Å². The smallest absolute Gasteiger partial charge is 0.251 e. The van der Waals surface area contributed by atoms with Gasteiger partial charge in [0.25, 0.3) is 5.91 Å². The van der Waals surface area contributed by atoms with Crippen LogP contribution in [0, 0.1) is 0 Å². The minimum atomic E-state index is -0.160. The number of nitrogens with one attached hydrogen (secondary N) is 2. The minimum absolute atomic E-state index is 0.147. The molecular formula is C16H18N2O3S. The molecule has 0 fully saturated rings. The molecule has 22 heavy (non-hydrogen) atoms. The van der Waals surface area contributed by atoms with Crippen LogP contribution in [0.4, 0.5) is 5.69 Å². The first-order valence-corrected chi connectivity index (χ1v) is 8.06. The van der Waals surface area contributed by atoms with Crippen LogP contribution in [0.5, 0.6) is 0 Å². The largest absolute Gasteiger partial charge is 0.468 e. The molecule has 1 heterocycles. The Bertz CT molecular complexity index is 626. The highest BCUT2D eigenvalue weighted by molar-refractivity contribution is 7.98. The summed E-state index contributed by atoms with van der Waals surface area (Å²) in [5.74, 6) is 2.22. The van der Waals surface area contributed by atoms with Crippen LogP contribution in [0.2, 0.25) is 0 Å². The van der Waals surface area contributed by atoms with Crippen LogP contribution < -0.4 is 10.6 Å². The lowest BCUT2D eigenvalue weighted by molar-refractivity contribution is -0.114. The Morgan fingerprint density at radius 2 is 2.09 bits per heavy atom. The van der Waals surface area contributed by atoms with Gasteiger partial charge in [-0.05, 0) is 30.3 Å². The van der Waals surface area contributed by atoms with E-state index in [1.807, 2.05) is 12.1 Å². The molecule has 0 bridgehead atoms. The maximum Gasteiger partial charge on any atom is 0.251 e. The molecule has 6 heteroatoms. The molecule has 0 saturated heterocycles. The Hall–Kier alpha value is -2.21. The number of amides is 2. The maximum absolute atomic E-state index is 12.0. The number of rotatable bonds is 7. The molecule has 1 aromatic heterocycles. The molecule has 0 aliphatic carbocycles. The van der Waals surface area contributed by atoms with Gasteiger partial charge in [-0.2, -0.15) is 11.8 Å². The van der Waals surface area contributed by atoms with E-state index in [4.69, 9.17) is 4.42 Å². The van der Waals surface area contributed by atoms with Crippen molar-refractivity contribution in [2.45, 2.75) is 12.7 Å². The van der Waals surface area contributed by atoms with Gasteiger partial charge in [0.05, 0.1) is 12.0 Å². The average molecular weight is 318 g/mol. The second-order valence-electron chi connectivity index (χ2n) is 4.65. The van der Waals surface area contributed by atoms with E-state index in [-0.39, 0.29) is 11.8 Å². The van der Waals surface area contributed by atoms with Gasteiger partial charge in [-0.1, -0.05) is 6.07 Å². The standard InChI is InChI=1S/C16H18N2O3S/c1-12(19)18-14-5-2-4-13(10-14)16(20)17-7-9-22-11-15-6-3-8-21-15/h2-6,8,10H,7,9,11H2,1H3,(H,17,20)(H,18,19). The number of thioether (sulfide) groups is 1. The first-order chi connectivity index (χ1) is 10.6. The van der Waals surface area contributed by atoms with Crippen LogP contribution in [-0.2, 0) is 10.5 Å². The van der Waals surface area contributed by atoms with Crippen molar-refractivity contribution in [3.8, 4) is 0 Å². The highest BCUT2D eigenvalue weighted by Gasteiger charge is 2.06. The van der Waals surface area contributed by atoms with Crippen molar-refractivity contribution >= 4 is 29.3 Å². The number of furan rings is 1. The zero-order valence-electron chi connectivity index (χ0n) is 12.3. The molecule has 1 aromatic carbocycles. The molecule has 0 aliphatic heterocycles. The van der Waals surface area contributed by atoms with Gasteiger partial charge < -0.3 is 15.1 Å². The molecule has 116 valence electrons. The van der Waals surface area contributed by atoms with Crippen molar-refractivity contribution in [3.63, 3.8) is 0 Å². The van der Waals surface area contributed by atoms with Gasteiger partial charge in [0.2, 0.25) is 5.91 Å². The van der Waals surface area contributed by atoms with E-state index in [1.54, 1.807) is 42.3 Å². The highest BCUT2D eigenvalue weighted by Crippen LogP contribution is 2.12. The number of carbonyl (C=O) groups excluding carboxylic acids is 2. The van der Waals surface area contributed by atoms with Gasteiger partial charge in [-0.3, -0.25) is 9.59 Å². The Labute approximate surface area is 133 Å². The van der Waals surface area contributed by atoms with Crippen LogP contribution in [0.1, 0.15) is 23.0 Å². The number of carbonyl (C=O) groups is 2. The Kier molecular flexibility index (Phi) is 6.09. The Balaban J connectivity index is 1.73. The number of anilines is 1. The summed E-state index contributed by atoms with van der Waals surface area (Å²) in [4.78, 5) is 23.0. The summed E-state index contributed by atoms with van der Waals surface area (Å²) in [5.41, 5.74) is 1.15. The third kappa shape index (κ3) is 5.29. The Morgan fingerprint density at radius 3 is 2.82 bits per heavy atom. The zero-order chi connectivity index (χ0) is 15.8. The number of benzene rings is 1. The fourth-order valence-electron chi connectivity index (χ4n) is 1.85. The molecule has 0 unspecified atom stereocenters. The monoisotopic (exact) mass is 318 g/mol. The van der Waals surface area contributed by atoms with E-state index in [9.17, 15) is 9.59 Å². The summed E-state index contributed by atoms with van der Waals surface area (Å²) in [5, 5.41) is 5.52. The molecule has 2 amide bonds. The molecule has 0 saturated carbocycles. The SMILES string of the molecule is CC(=O)Nc1cccc(C(=O)NCCSCc2ccco2)c1. The second-order valence-corrected chi connectivity index (χ2v) is 5.76. The van der Waals surface area contributed by atoms with Crippen molar-refractivity contribution in [3.05, 3.63) is 54.0 Å². The molecular weight excluding hydrogens is 300 g/mol. The van der Waals surface area contributed by atoms with E-state index in [0.29, 0.717) is 17.8 Å². The summed E-state index contributed by atoms with van der Waals surface area (Å²) in [6.07, 6.45) is 1.65.